The van der Waals surface area contributed by atoms with Crippen molar-refractivity contribution in [1.29, 1.82) is 0 Å². The molecule has 0 unspecified atom stereocenters. The minimum Gasteiger partial charge on any atom is -0.497 e. The fraction of sp³-hybridized carbons (Fsp3) is 0.250. The molecule has 0 bridgehead atoms. The molecule has 0 saturated heterocycles. The molecule has 0 aliphatic heterocycles. The van der Waals surface area contributed by atoms with Crippen molar-refractivity contribution in [3.8, 4) is 17.0 Å². The van der Waals surface area contributed by atoms with E-state index < -0.39 is 5.69 Å². The molecule has 0 aliphatic rings. The zero-order valence-electron chi connectivity index (χ0n) is 9.94. The van der Waals surface area contributed by atoms with Crippen molar-refractivity contribution in [3.63, 3.8) is 0 Å². The second kappa shape index (κ2) is 4.37. The molecule has 1 heterocycles. The first-order valence-corrected chi connectivity index (χ1v) is 5.20. The van der Waals surface area contributed by atoms with Crippen molar-refractivity contribution in [1.82, 2.24) is 15.2 Å². The number of H-pyrrole nitrogens is 1. The van der Waals surface area contributed by atoms with E-state index >= 15 is 0 Å². The van der Waals surface area contributed by atoms with E-state index in [0.29, 0.717) is 11.4 Å². The third-order valence-corrected chi connectivity index (χ3v) is 2.56. The lowest BCUT2D eigenvalue weighted by molar-refractivity contribution is 0.414. The number of aryl methyl sites for hydroxylation is 2. The largest absolute Gasteiger partial charge is 0.497 e. The van der Waals surface area contributed by atoms with E-state index in [-0.39, 0.29) is 0 Å². The number of benzene rings is 1. The van der Waals surface area contributed by atoms with Gasteiger partial charge in [-0.2, -0.15) is 10.1 Å². The van der Waals surface area contributed by atoms with Gasteiger partial charge in [-0.25, -0.2) is 9.89 Å². The summed E-state index contributed by atoms with van der Waals surface area (Å²) in [6.45, 7) is 3.75. The molecule has 2 aromatic rings. The molecular weight excluding hydrogens is 218 g/mol. The predicted octanol–water partition coefficient (Wildman–Crippen LogP) is 1.46. The van der Waals surface area contributed by atoms with Crippen LogP contribution >= 0.6 is 0 Å². The molecule has 88 valence electrons. The zero-order valence-corrected chi connectivity index (χ0v) is 9.94. The van der Waals surface area contributed by atoms with E-state index in [2.05, 4.69) is 15.2 Å². The molecule has 1 N–H and O–H groups in total. The van der Waals surface area contributed by atoms with Crippen LogP contribution in [0.15, 0.2) is 23.0 Å². The summed E-state index contributed by atoms with van der Waals surface area (Å²) in [5.74, 6) is 0.779. The van der Waals surface area contributed by atoms with Gasteiger partial charge in [0.15, 0.2) is 0 Å². The minimum atomic E-state index is -0.444. The summed E-state index contributed by atoms with van der Waals surface area (Å²) in [7, 11) is 1.62. The van der Waals surface area contributed by atoms with Crippen LogP contribution in [0.3, 0.4) is 0 Å². The normalized spacial score (nSPS) is 10.3. The first-order valence-electron chi connectivity index (χ1n) is 5.20. The van der Waals surface area contributed by atoms with Crippen LogP contribution in [0.1, 0.15) is 11.3 Å². The number of nitrogens with zero attached hydrogens (tertiary/aromatic N) is 2. The third kappa shape index (κ3) is 2.18. The number of ether oxygens (including phenoxy) is 1. The summed E-state index contributed by atoms with van der Waals surface area (Å²) in [6, 6.07) is 5.62. The van der Waals surface area contributed by atoms with Crippen LogP contribution in [-0.2, 0) is 0 Å². The van der Waals surface area contributed by atoms with Gasteiger partial charge < -0.3 is 4.74 Å². The molecule has 5 heteroatoms. The van der Waals surface area contributed by atoms with E-state index in [1.54, 1.807) is 7.11 Å². The zero-order chi connectivity index (χ0) is 12.4. The van der Waals surface area contributed by atoms with Crippen molar-refractivity contribution < 1.29 is 4.74 Å². The van der Waals surface area contributed by atoms with Crippen LogP contribution < -0.4 is 10.4 Å². The summed E-state index contributed by atoms with van der Waals surface area (Å²) < 4.78 is 5.14. The maximum absolute atomic E-state index is 11.2. The quantitative estimate of drug-likeness (QED) is 0.849. The van der Waals surface area contributed by atoms with Gasteiger partial charge in [-0.15, -0.1) is 0 Å². The molecule has 0 fully saturated rings. The van der Waals surface area contributed by atoms with Gasteiger partial charge in [-0.1, -0.05) is 0 Å². The van der Waals surface area contributed by atoms with Crippen LogP contribution in [0.25, 0.3) is 11.3 Å². The predicted molar refractivity (Wildman–Crippen MR) is 64.1 cm³/mol. The van der Waals surface area contributed by atoms with Crippen molar-refractivity contribution in [3.05, 3.63) is 39.9 Å². The van der Waals surface area contributed by atoms with Gasteiger partial charge in [0, 0.05) is 5.56 Å². The first-order chi connectivity index (χ1) is 8.11. The number of nitrogens with one attached hydrogen (secondary N) is 1. The highest BCUT2D eigenvalue weighted by molar-refractivity contribution is 5.66. The molecule has 0 saturated carbocycles. The summed E-state index contributed by atoms with van der Waals surface area (Å²) in [6.07, 6.45) is 0. The Labute approximate surface area is 98.5 Å². The molecule has 0 aliphatic carbocycles. The Morgan fingerprint density at radius 3 is 2.71 bits per heavy atom. The van der Waals surface area contributed by atoms with Crippen LogP contribution in [-0.4, -0.2) is 22.3 Å². The third-order valence-electron chi connectivity index (χ3n) is 2.56. The fourth-order valence-electron chi connectivity index (χ4n) is 1.68. The van der Waals surface area contributed by atoms with Crippen LogP contribution in [0.5, 0.6) is 5.75 Å². The second-order valence-corrected chi connectivity index (χ2v) is 3.76. The van der Waals surface area contributed by atoms with Gasteiger partial charge in [0.2, 0.25) is 0 Å². The number of aromatic amines is 1. The van der Waals surface area contributed by atoms with Crippen molar-refractivity contribution in [2.24, 2.45) is 0 Å². The van der Waals surface area contributed by atoms with Crippen molar-refractivity contribution in [2.45, 2.75) is 13.8 Å². The first kappa shape index (κ1) is 11.3. The highest BCUT2D eigenvalue weighted by Gasteiger charge is 2.09. The van der Waals surface area contributed by atoms with Crippen LogP contribution in [0.4, 0.5) is 0 Å². The summed E-state index contributed by atoms with van der Waals surface area (Å²) in [5, 5.41) is 6.22. The summed E-state index contributed by atoms with van der Waals surface area (Å²) in [5.41, 5.74) is 2.74. The molecule has 2 rings (SSSR count). The number of aromatic nitrogens is 3. The highest BCUT2D eigenvalue weighted by atomic mass is 16.5. The van der Waals surface area contributed by atoms with E-state index in [0.717, 1.165) is 16.9 Å². The van der Waals surface area contributed by atoms with E-state index in [9.17, 15) is 4.79 Å². The Bertz CT molecular complexity index is 605. The summed E-state index contributed by atoms with van der Waals surface area (Å²) >= 11 is 0. The van der Waals surface area contributed by atoms with Crippen LogP contribution in [0.2, 0.25) is 0 Å². The fourth-order valence-corrected chi connectivity index (χ4v) is 1.68. The number of methoxy groups -OCH3 is 1. The Hall–Kier alpha value is -2.17. The van der Waals surface area contributed by atoms with Crippen LogP contribution in [0, 0.1) is 13.8 Å². The SMILES string of the molecule is COc1ccc(-c2nc(=O)[nH]nc2C)c(C)c1. The average Bonchev–Trinajstić information content (AvgIpc) is 2.32. The van der Waals surface area contributed by atoms with E-state index in [4.69, 9.17) is 4.74 Å². The maximum Gasteiger partial charge on any atom is 0.361 e. The number of rotatable bonds is 2. The Morgan fingerprint density at radius 2 is 2.06 bits per heavy atom. The maximum atomic E-state index is 11.2. The smallest absolute Gasteiger partial charge is 0.361 e. The topological polar surface area (TPSA) is 67.9 Å². The standard InChI is InChI=1S/C12H13N3O2/c1-7-6-9(17-3)4-5-10(7)11-8(2)14-15-12(16)13-11/h4-6H,1-3H3,(H,13,15,16). The molecule has 5 nitrogen and oxygen atoms in total. The molecule has 0 radical (unpaired) electrons. The lowest BCUT2D eigenvalue weighted by atomic mass is 10.0. The molecule has 0 amide bonds. The van der Waals surface area contributed by atoms with Gasteiger partial charge in [0.05, 0.1) is 18.5 Å². The van der Waals surface area contributed by atoms with Crippen molar-refractivity contribution in [2.75, 3.05) is 7.11 Å². The van der Waals surface area contributed by atoms with Crippen molar-refractivity contribution >= 4 is 0 Å². The average molecular weight is 231 g/mol. The second-order valence-electron chi connectivity index (χ2n) is 3.76. The lowest BCUT2D eigenvalue weighted by Crippen LogP contribution is -2.14. The monoisotopic (exact) mass is 231 g/mol. The van der Waals surface area contributed by atoms with E-state index in [1.807, 2.05) is 32.0 Å². The van der Waals surface area contributed by atoms with Gasteiger partial charge in [-0.05, 0) is 37.6 Å². The summed E-state index contributed by atoms with van der Waals surface area (Å²) in [4.78, 5) is 15.1. The molecule has 17 heavy (non-hydrogen) atoms. The molecule has 0 spiro atoms. The van der Waals surface area contributed by atoms with Gasteiger partial charge in [-0.3, -0.25) is 0 Å². The molecule has 0 atom stereocenters. The van der Waals surface area contributed by atoms with E-state index in [1.165, 1.54) is 0 Å². The highest BCUT2D eigenvalue weighted by Crippen LogP contribution is 2.25. The van der Waals surface area contributed by atoms with Gasteiger partial charge >= 0.3 is 5.69 Å². The van der Waals surface area contributed by atoms with Gasteiger partial charge in [0.25, 0.3) is 0 Å². The Kier molecular flexibility index (Phi) is 2.91. The molecule has 1 aromatic heterocycles. The van der Waals surface area contributed by atoms with Gasteiger partial charge in [0.1, 0.15) is 5.75 Å². The number of hydrogen-bond donors (Lipinski definition) is 1. The minimum absolute atomic E-state index is 0.444. The molecular formula is C12H13N3O2. The Morgan fingerprint density at radius 1 is 1.29 bits per heavy atom. The lowest BCUT2D eigenvalue weighted by Gasteiger charge is -2.08. The molecule has 1 aromatic carbocycles. The number of hydrogen-bond acceptors (Lipinski definition) is 4. The Balaban J connectivity index is 2.60.